The molecule has 1 aliphatic heterocycles. The highest BCUT2D eigenvalue weighted by Gasteiger charge is 2.23. The topological polar surface area (TPSA) is 101 Å². The van der Waals surface area contributed by atoms with Gasteiger partial charge in [-0.05, 0) is 43.6 Å². The first kappa shape index (κ1) is 20.3. The van der Waals surface area contributed by atoms with Crippen LogP contribution in [0, 0.1) is 12.8 Å². The van der Waals surface area contributed by atoms with Crippen LogP contribution in [-0.2, 0) is 24.8 Å². The summed E-state index contributed by atoms with van der Waals surface area (Å²) in [5.74, 6) is 2.63. The molecule has 152 valence electrons. The van der Waals surface area contributed by atoms with Crippen molar-refractivity contribution in [2.24, 2.45) is 23.7 Å². The van der Waals surface area contributed by atoms with Crippen LogP contribution in [0.1, 0.15) is 35.8 Å². The molecule has 3 rings (SSSR count). The third-order valence-electron chi connectivity index (χ3n) is 5.10. The van der Waals surface area contributed by atoms with E-state index in [9.17, 15) is 4.79 Å². The van der Waals surface area contributed by atoms with Crippen LogP contribution < -0.4 is 11.1 Å². The second-order valence-corrected chi connectivity index (χ2v) is 8.28. The lowest BCUT2D eigenvalue weighted by molar-refractivity contribution is -0.119. The quantitative estimate of drug-likeness (QED) is 0.538. The molecule has 2 aromatic rings. The number of primary amides is 1. The Morgan fingerprint density at radius 2 is 2.32 bits per heavy atom. The molecule has 1 aliphatic rings. The zero-order valence-electron chi connectivity index (χ0n) is 16.6. The maximum Gasteiger partial charge on any atom is 0.217 e. The monoisotopic (exact) mass is 403 g/mol. The fourth-order valence-corrected chi connectivity index (χ4v) is 4.17. The van der Waals surface area contributed by atoms with Crippen molar-refractivity contribution in [2.45, 2.75) is 39.2 Å². The van der Waals surface area contributed by atoms with Gasteiger partial charge < -0.3 is 20.5 Å². The van der Waals surface area contributed by atoms with Crippen molar-refractivity contribution < 1.29 is 4.79 Å². The number of thiophene rings is 1. The number of rotatable bonds is 7. The number of piperidine rings is 1. The third kappa shape index (κ3) is 5.54. The molecule has 0 saturated carbocycles. The van der Waals surface area contributed by atoms with Gasteiger partial charge in [0.2, 0.25) is 5.91 Å². The molecule has 1 saturated heterocycles. The number of guanidine groups is 1. The number of amides is 1. The average Bonchev–Trinajstić information content (AvgIpc) is 3.29. The molecule has 9 heteroatoms. The molecule has 3 N–H and O–H groups in total. The molecule has 1 unspecified atom stereocenters. The predicted octanol–water partition coefficient (Wildman–Crippen LogP) is 1.46. The van der Waals surface area contributed by atoms with Crippen molar-refractivity contribution >= 4 is 23.2 Å². The van der Waals surface area contributed by atoms with Crippen molar-refractivity contribution in [3.05, 3.63) is 34.0 Å². The Balaban J connectivity index is 1.68. The Kier molecular flexibility index (Phi) is 7.02. The number of nitrogens with zero attached hydrogens (tertiary/aromatic N) is 5. The third-order valence-corrected chi connectivity index (χ3v) is 6.03. The van der Waals surface area contributed by atoms with Crippen LogP contribution >= 0.6 is 11.3 Å². The first-order chi connectivity index (χ1) is 13.5. The minimum atomic E-state index is -0.231. The fourth-order valence-electron chi connectivity index (χ4n) is 3.46. The zero-order valence-corrected chi connectivity index (χ0v) is 17.4. The fraction of sp³-hybridized carbons (Fsp3) is 0.579. The van der Waals surface area contributed by atoms with Crippen LogP contribution in [0.2, 0.25) is 0 Å². The first-order valence-corrected chi connectivity index (χ1v) is 10.6. The van der Waals surface area contributed by atoms with E-state index in [2.05, 4.69) is 37.9 Å². The van der Waals surface area contributed by atoms with Gasteiger partial charge in [-0.15, -0.1) is 21.5 Å². The highest BCUT2D eigenvalue weighted by molar-refractivity contribution is 7.09. The van der Waals surface area contributed by atoms with Crippen LogP contribution in [0.4, 0.5) is 0 Å². The number of aliphatic imine (C=N–C) groups is 1. The molecule has 1 fully saturated rings. The van der Waals surface area contributed by atoms with Crippen molar-refractivity contribution in [1.82, 2.24) is 25.0 Å². The molecular weight excluding hydrogens is 374 g/mol. The summed E-state index contributed by atoms with van der Waals surface area (Å²) in [6.45, 7) is 4.94. The van der Waals surface area contributed by atoms with Gasteiger partial charge in [-0.2, -0.15) is 0 Å². The lowest BCUT2D eigenvalue weighted by atomic mass is 9.95. The standard InChI is InChI=1S/C19H29N7OS/c1-14-23-24-18(25(14)2)12-22-19(21-8-7-16-6-4-10-28-16)26-9-3-5-15(13-26)11-17(20)27/h4,6,10,15H,3,5,7-9,11-13H2,1-2H3,(H2,20,27)(H,21,22). The lowest BCUT2D eigenvalue weighted by Gasteiger charge is -2.34. The zero-order chi connectivity index (χ0) is 19.9. The summed E-state index contributed by atoms with van der Waals surface area (Å²) >= 11 is 1.77. The van der Waals surface area contributed by atoms with E-state index in [4.69, 9.17) is 10.7 Å². The molecule has 2 aromatic heterocycles. The highest BCUT2D eigenvalue weighted by atomic mass is 32.1. The van der Waals surface area contributed by atoms with E-state index < -0.39 is 0 Å². The molecule has 0 bridgehead atoms. The van der Waals surface area contributed by atoms with Gasteiger partial charge in [0, 0.05) is 38.0 Å². The van der Waals surface area contributed by atoms with Crippen LogP contribution in [0.5, 0.6) is 0 Å². The van der Waals surface area contributed by atoms with Crippen molar-refractivity contribution in [1.29, 1.82) is 0 Å². The van der Waals surface area contributed by atoms with Gasteiger partial charge in [0.25, 0.3) is 0 Å². The number of hydrogen-bond acceptors (Lipinski definition) is 5. The summed E-state index contributed by atoms with van der Waals surface area (Å²) in [6.07, 6.45) is 3.46. The minimum absolute atomic E-state index is 0.231. The number of likely N-dealkylation sites (tertiary alicyclic amines) is 1. The van der Waals surface area contributed by atoms with E-state index in [1.165, 1.54) is 4.88 Å². The van der Waals surface area contributed by atoms with E-state index in [0.29, 0.717) is 13.0 Å². The number of carbonyl (C=O) groups is 1. The lowest BCUT2D eigenvalue weighted by Crippen LogP contribution is -2.47. The Hall–Kier alpha value is -2.42. The second-order valence-electron chi connectivity index (χ2n) is 7.24. The number of aromatic nitrogens is 3. The average molecular weight is 404 g/mol. The maximum atomic E-state index is 11.3. The molecule has 28 heavy (non-hydrogen) atoms. The highest BCUT2D eigenvalue weighted by Crippen LogP contribution is 2.19. The molecule has 0 radical (unpaired) electrons. The smallest absolute Gasteiger partial charge is 0.217 e. The van der Waals surface area contributed by atoms with Crippen LogP contribution in [0.15, 0.2) is 22.5 Å². The van der Waals surface area contributed by atoms with Crippen LogP contribution in [-0.4, -0.2) is 51.2 Å². The van der Waals surface area contributed by atoms with Crippen LogP contribution in [0.25, 0.3) is 0 Å². The summed E-state index contributed by atoms with van der Waals surface area (Å²) < 4.78 is 1.96. The van der Waals surface area contributed by atoms with E-state index in [0.717, 1.165) is 56.5 Å². The van der Waals surface area contributed by atoms with Gasteiger partial charge in [0.1, 0.15) is 12.4 Å². The Morgan fingerprint density at radius 1 is 1.46 bits per heavy atom. The van der Waals surface area contributed by atoms with Gasteiger partial charge in [0.05, 0.1) is 0 Å². The number of carbonyl (C=O) groups excluding carboxylic acids is 1. The second kappa shape index (κ2) is 9.68. The molecule has 3 heterocycles. The molecular formula is C19H29N7OS. The van der Waals surface area contributed by atoms with E-state index >= 15 is 0 Å². The summed E-state index contributed by atoms with van der Waals surface area (Å²) in [6, 6.07) is 4.22. The number of aryl methyl sites for hydroxylation is 1. The van der Waals surface area contributed by atoms with Crippen LogP contribution in [0.3, 0.4) is 0 Å². The normalized spacial score (nSPS) is 17.7. The molecule has 0 aliphatic carbocycles. The molecule has 0 aromatic carbocycles. The van der Waals surface area contributed by atoms with E-state index in [1.807, 2.05) is 18.5 Å². The predicted molar refractivity (Wildman–Crippen MR) is 111 cm³/mol. The molecule has 1 atom stereocenters. The van der Waals surface area contributed by atoms with Crippen molar-refractivity contribution in [3.63, 3.8) is 0 Å². The summed E-state index contributed by atoms with van der Waals surface area (Å²) in [7, 11) is 1.95. The SMILES string of the molecule is Cc1nnc(CN=C(NCCc2cccs2)N2CCCC(CC(N)=O)C2)n1C. The Labute approximate surface area is 169 Å². The molecule has 0 spiro atoms. The van der Waals surface area contributed by atoms with E-state index in [-0.39, 0.29) is 11.8 Å². The summed E-state index contributed by atoms with van der Waals surface area (Å²) in [4.78, 5) is 19.8. The minimum Gasteiger partial charge on any atom is -0.370 e. The number of nitrogens with two attached hydrogens (primary N) is 1. The van der Waals surface area contributed by atoms with Gasteiger partial charge in [-0.1, -0.05) is 6.07 Å². The molecule has 1 amide bonds. The van der Waals surface area contributed by atoms with E-state index in [1.54, 1.807) is 11.3 Å². The van der Waals surface area contributed by atoms with Gasteiger partial charge in [-0.25, -0.2) is 4.99 Å². The number of hydrogen-bond donors (Lipinski definition) is 2. The molecule has 8 nitrogen and oxygen atoms in total. The Morgan fingerprint density at radius 3 is 3.00 bits per heavy atom. The maximum absolute atomic E-state index is 11.3. The van der Waals surface area contributed by atoms with Crippen molar-refractivity contribution in [2.75, 3.05) is 19.6 Å². The summed E-state index contributed by atoms with van der Waals surface area (Å²) in [5, 5.41) is 13.9. The van der Waals surface area contributed by atoms with Gasteiger partial charge in [0.15, 0.2) is 11.8 Å². The Bertz CT molecular complexity index is 799. The first-order valence-electron chi connectivity index (χ1n) is 9.71. The largest absolute Gasteiger partial charge is 0.370 e. The van der Waals surface area contributed by atoms with Gasteiger partial charge >= 0.3 is 0 Å². The summed E-state index contributed by atoms with van der Waals surface area (Å²) in [5.41, 5.74) is 5.41. The van der Waals surface area contributed by atoms with Crippen molar-refractivity contribution in [3.8, 4) is 0 Å². The number of nitrogens with one attached hydrogen (secondary N) is 1. The van der Waals surface area contributed by atoms with Gasteiger partial charge in [-0.3, -0.25) is 4.79 Å².